The Hall–Kier alpha value is -1.97. The number of benzene rings is 1. The minimum atomic E-state index is -0.208. The van der Waals surface area contributed by atoms with Crippen LogP contribution in [0.3, 0.4) is 0 Å². The number of hydrogen-bond acceptors (Lipinski definition) is 2. The second kappa shape index (κ2) is 7.46. The fourth-order valence-corrected chi connectivity index (χ4v) is 1.64. The predicted molar refractivity (Wildman–Crippen MR) is 77.7 cm³/mol. The summed E-state index contributed by atoms with van der Waals surface area (Å²) in [5, 5.41) is 5.35. The summed E-state index contributed by atoms with van der Waals surface area (Å²) in [6.07, 6.45) is 1.63. The van der Waals surface area contributed by atoms with E-state index in [1.165, 1.54) is 11.1 Å². The van der Waals surface area contributed by atoms with Crippen LogP contribution >= 0.6 is 0 Å². The average molecular weight is 262 g/mol. The van der Waals surface area contributed by atoms with Gasteiger partial charge in [-0.3, -0.25) is 0 Å². The summed E-state index contributed by atoms with van der Waals surface area (Å²) in [4.78, 5) is 11.3. The molecule has 0 spiro atoms. The lowest BCUT2D eigenvalue weighted by Gasteiger charge is -2.12. The zero-order valence-corrected chi connectivity index (χ0v) is 11.9. The first kappa shape index (κ1) is 15.1. The van der Waals surface area contributed by atoms with Crippen molar-refractivity contribution < 1.29 is 9.53 Å². The number of amides is 2. The van der Waals surface area contributed by atoms with Gasteiger partial charge in [0.25, 0.3) is 0 Å². The van der Waals surface area contributed by atoms with Crippen molar-refractivity contribution in [2.45, 2.75) is 20.8 Å². The minimum absolute atomic E-state index is 0.208. The van der Waals surface area contributed by atoms with Crippen LogP contribution in [-0.4, -0.2) is 25.7 Å². The van der Waals surface area contributed by atoms with E-state index < -0.39 is 0 Å². The number of rotatable bonds is 6. The molecule has 0 aliphatic rings. The van der Waals surface area contributed by atoms with Gasteiger partial charge in [-0.05, 0) is 43.5 Å². The topological polar surface area (TPSA) is 50.4 Å². The van der Waals surface area contributed by atoms with Crippen LogP contribution < -0.4 is 15.4 Å². The number of nitrogens with one attached hydrogen (secondary N) is 2. The minimum Gasteiger partial charge on any atom is -0.491 e. The first-order valence-corrected chi connectivity index (χ1v) is 6.38. The molecule has 19 heavy (non-hydrogen) atoms. The lowest BCUT2D eigenvalue weighted by atomic mass is 10.1. The Labute approximate surface area is 114 Å². The third kappa shape index (κ3) is 5.04. The molecule has 2 N–H and O–H groups in total. The molecule has 0 radical (unpaired) electrons. The predicted octanol–water partition coefficient (Wildman–Crippen LogP) is 2.48. The maximum atomic E-state index is 11.3. The highest BCUT2D eigenvalue weighted by Gasteiger charge is 2.03. The Bertz CT molecular complexity index is 456. The number of urea groups is 1. The highest BCUT2D eigenvalue weighted by Crippen LogP contribution is 2.22. The van der Waals surface area contributed by atoms with Gasteiger partial charge in [0.2, 0.25) is 0 Å². The van der Waals surface area contributed by atoms with Gasteiger partial charge in [-0.1, -0.05) is 12.1 Å². The lowest BCUT2D eigenvalue weighted by Crippen LogP contribution is -2.37. The van der Waals surface area contributed by atoms with Crippen molar-refractivity contribution in [3.05, 3.63) is 41.5 Å². The fourth-order valence-electron chi connectivity index (χ4n) is 1.64. The molecule has 0 aliphatic heterocycles. The summed E-state index contributed by atoms with van der Waals surface area (Å²) in [5.74, 6) is 0.872. The Morgan fingerprint density at radius 2 is 1.89 bits per heavy atom. The van der Waals surface area contributed by atoms with Crippen molar-refractivity contribution in [1.82, 2.24) is 10.6 Å². The first-order chi connectivity index (χ1) is 9.04. The number of ether oxygens (including phenoxy) is 1. The summed E-state index contributed by atoms with van der Waals surface area (Å²) in [6.45, 7) is 11.1. The molecule has 0 aromatic heterocycles. The summed E-state index contributed by atoms with van der Waals surface area (Å²) >= 11 is 0. The molecule has 0 atom stereocenters. The third-order valence-electron chi connectivity index (χ3n) is 2.84. The second-order valence-electron chi connectivity index (χ2n) is 4.48. The van der Waals surface area contributed by atoms with Gasteiger partial charge in [0.15, 0.2) is 0 Å². The molecule has 104 valence electrons. The van der Waals surface area contributed by atoms with Gasteiger partial charge in [0.05, 0.1) is 6.54 Å². The van der Waals surface area contributed by atoms with Gasteiger partial charge in [-0.15, -0.1) is 6.58 Å². The van der Waals surface area contributed by atoms with Crippen LogP contribution in [0.1, 0.15) is 16.7 Å². The molecular formula is C15H22N2O2. The van der Waals surface area contributed by atoms with Crippen molar-refractivity contribution in [3.63, 3.8) is 0 Å². The van der Waals surface area contributed by atoms with Crippen LogP contribution in [-0.2, 0) is 0 Å². The summed E-state index contributed by atoms with van der Waals surface area (Å²) in [6, 6.07) is 3.93. The number of carbonyl (C=O) groups is 1. The van der Waals surface area contributed by atoms with Crippen molar-refractivity contribution in [1.29, 1.82) is 0 Å². The summed E-state index contributed by atoms with van der Waals surface area (Å²) in [7, 11) is 0. The third-order valence-corrected chi connectivity index (χ3v) is 2.84. The van der Waals surface area contributed by atoms with Crippen molar-refractivity contribution in [2.24, 2.45) is 0 Å². The van der Waals surface area contributed by atoms with Gasteiger partial charge >= 0.3 is 6.03 Å². The van der Waals surface area contributed by atoms with Crippen molar-refractivity contribution in [2.75, 3.05) is 19.7 Å². The molecule has 4 nitrogen and oxygen atoms in total. The molecule has 0 unspecified atom stereocenters. The molecule has 0 aliphatic carbocycles. The average Bonchev–Trinajstić information content (AvgIpc) is 2.37. The zero-order chi connectivity index (χ0) is 14.3. The van der Waals surface area contributed by atoms with E-state index in [1.54, 1.807) is 6.08 Å². The largest absolute Gasteiger partial charge is 0.491 e. The van der Waals surface area contributed by atoms with Gasteiger partial charge in [0, 0.05) is 6.54 Å². The van der Waals surface area contributed by atoms with E-state index in [-0.39, 0.29) is 6.03 Å². The van der Waals surface area contributed by atoms with Gasteiger partial charge in [-0.25, -0.2) is 4.79 Å². The van der Waals surface area contributed by atoms with Crippen LogP contribution in [0.25, 0.3) is 0 Å². The maximum absolute atomic E-state index is 11.3. The fraction of sp³-hybridized carbons (Fsp3) is 0.400. The Kier molecular flexibility index (Phi) is 5.93. The van der Waals surface area contributed by atoms with E-state index in [0.29, 0.717) is 19.7 Å². The molecule has 0 fully saturated rings. The van der Waals surface area contributed by atoms with E-state index in [4.69, 9.17) is 4.74 Å². The maximum Gasteiger partial charge on any atom is 0.315 e. The molecular weight excluding hydrogens is 240 g/mol. The lowest BCUT2D eigenvalue weighted by molar-refractivity contribution is 0.237. The van der Waals surface area contributed by atoms with E-state index in [1.807, 2.05) is 13.0 Å². The Balaban J connectivity index is 2.35. The normalized spacial score (nSPS) is 9.84. The second-order valence-corrected chi connectivity index (χ2v) is 4.48. The molecule has 0 saturated carbocycles. The number of hydrogen-bond donors (Lipinski definition) is 2. The standard InChI is InChI=1S/C15H22N2O2/c1-5-6-16-15(18)17-7-8-19-14-10-12(3)11(2)9-13(14)4/h5,9-10H,1,6-8H2,2-4H3,(H2,16,17,18). The summed E-state index contributed by atoms with van der Waals surface area (Å²) < 4.78 is 5.66. The molecule has 0 bridgehead atoms. The molecule has 1 aromatic rings. The van der Waals surface area contributed by atoms with Crippen LogP contribution in [0.4, 0.5) is 4.79 Å². The SMILES string of the molecule is C=CCNC(=O)NCCOc1cc(C)c(C)cc1C. The Morgan fingerprint density at radius 1 is 1.21 bits per heavy atom. The molecule has 1 rings (SSSR count). The number of carbonyl (C=O) groups excluding carboxylic acids is 1. The van der Waals surface area contributed by atoms with Crippen LogP contribution in [0.15, 0.2) is 24.8 Å². The summed E-state index contributed by atoms with van der Waals surface area (Å²) in [5.41, 5.74) is 3.57. The van der Waals surface area contributed by atoms with E-state index in [0.717, 1.165) is 11.3 Å². The first-order valence-electron chi connectivity index (χ1n) is 6.38. The van der Waals surface area contributed by atoms with Crippen LogP contribution in [0, 0.1) is 20.8 Å². The number of aryl methyl sites for hydroxylation is 3. The molecule has 0 saturated heterocycles. The van der Waals surface area contributed by atoms with Gasteiger partial charge < -0.3 is 15.4 Å². The van der Waals surface area contributed by atoms with Crippen molar-refractivity contribution in [3.8, 4) is 5.75 Å². The smallest absolute Gasteiger partial charge is 0.315 e. The van der Waals surface area contributed by atoms with E-state index in [9.17, 15) is 4.79 Å². The molecule has 1 aromatic carbocycles. The quantitative estimate of drug-likeness (QED) is 0.611. The van der Waals surface area contributed by atoms with Gasteiger partial charge in [-0.2, -0.15) is 0 Å². The van der Waals surface area contributed by atoms with Gasteiger partial charge in [0.1, 0.15) is 12.4 Å². The highest BCUT2D eigenvalue weighted by atomic mass is 16.5. The van der Waals surface area contributed by atoms with Crippen LogP contribution in [0.5, 0.6) is 5.75 Å². The van der Waals surface area contributed by atoms with E-state index in [2.05, 4.69) is 37.1 Å². The molecule has 4 heteroatoms. The van der Waals surface area contributed by atoms with Crippen molar-refractivity contribution >= 4 is 6.03 Å². The molecule has 0 heterocycles. The Morgan fingerprint density at radius 3 is 2.58 bits per heavy atom. The molecule has 2 amide bonds. The zero-order valence-electron chi connectivity index (χ0n) is 11.9. The van der Waals surface area contributed by atoms with Crippen LogP contribution in [0.2, 0.25) is 0 Å². The highest BCUT2D eigenvalue weighted by molar-refractivity contribution is 5.73. The van der Waals surface area contributed by atoms with E-state index >= 15 is 0 Å². The monoisotopic (exact) mass is 262 g/mol.